The summed E-state index contributed by atoms with van der Waals surface area (Å²) >= 11 is 0. The number of nitrogens with two attached hydrogens (primary N) is 2. The van der Waals surface area contributed by atoms with E-state index in [0.29, 0.717) is 23.6 Å². The predicted octanol–water partition coefficient (Wildman–Crippen LogP) is 2.74. The number of primary amides is 1. The van der Waals surface area contributed by atoms with Gasteiger partial charge in [-0.05, 0) is 49.6 Å². The molecule has 1 aromatic carbocycles. The van der Waals surface area contributed by atoms with Gasteiger partial charge in [-0.2, -0.15) is 4.98 Å². The zero-order valence-electron chi connectivity index (χ0n) is 20.3. The molecule has 0 atom stereocenters. The number of methoxy groups -OCH3 is 1. The van der Waals surface area contributed by atoms with E-state index in [4.69, 9.17) is 16.2 Å². The van der Waals surface area contributed by atoms with Gasteiger partial charge < -0.3 is 26.1 Å². The zero-order valence-corrected chi connectivity index (χ0v) is 20.3. The third-order valence-corrected chi connectivity index (χ3v) is 6.26. The van der Waals surface area contributed by atoms with E-state index in [9.17, 15) is 9.59 Å². The van der Waals surface area contributed by atoms with Crippen molar-refractivity contribution in [3.05, 3.63) is 51.8 Å². The van der Waals surface area contributed by atoms with Crippen LogP contribution in [0.1, 0.15) is 42.6 Å². The molecular formula is C25H31N7O3. The van der Waals surface area contributed by atoms with Crippen LogP contribution < -0.4 is 26.9 Å². The molecule has 3 aromatic rings. The van der Waals surface area contributed by atoms with Crippen LogP contribution in [-0.2, 0) is 6.54 Å². The lowest BCUT2D eigenvalue weighted by atomic mass is 9.98. The van der Waals surface area contributed by atoms with Crippen molar-refractivity contribution in [3.63, 3.8) is 0 Å². The van der Waals surface area contributed by atoms with Crippen LogP contribution in [0.2, 0.25) is 0 Å². The number of carbonyl (C=O) groups is 1. The summed E-state index contributed by atoms with van der Waals surface area (Å²) < 4.78 is 7.21. The molecule has 10 heteroatoms. The van der Waals surface area contributed by atoms with Gasteiger partial charge in [0.05, 0.1) is 18.2 Å². The molecule has 0 fully saturated rings. The minimum atomic E-state index is -0.880. The van der Waals surface area contributed by atoms with Crippen LogP contribution in [0.4, 0.5) is 17.5 Å². The van der Waals surface area contributed by atoms with Crippen molar-refractivity contribution in [2.24, 2.45) is 5.73 Å². The standard InChI is InChI=1S/C25H31N7O3/c1-4-10-31-11-8-15(9-12-31)16-6-7-18(19(13-16)35-3)29-25-28-14-17-21(33)20(23(27)34)22(26)32(5-2)24(17)30-25/h6-8,13-14H,4-5,9-12,26H2,1-3H3,(H2,27,34)(H,28,29,30). The average molecular weight is 478 g/mol. The van der Waals surface area contributed by atoms with Crippen molar-refractivity contribution in [1.29, 1.82) is 0 Å². The number of amides is 1. The number of ether oxygens (including phenoxy) is 1. The summed E-state index contributed by atoms with van der Waals surface area (Å²) in [5.74, 6) is 0.0279. The summed E-state index contributed by atoms with van der Waals surface area (Å²) in [5.41, 5.74) is 14.0. The number of fused-ring (bicyclic) bond motifs is 1. The summed E-state index contributed by atoms with van der Waals surface area (Å²) in [4.78, 5) is 35.8. The number of hydrogen-bond acceptors (Lipinski definition) is 8. The molecule has 0 saturated carbocycles. The molecule has 10 nitrogen and oxygen atoms in total. The number of anilines is 3. The summed E-state index contributed by atoms with van der Waals surface area (Å²) in [5, 5.41) is 3.34. The van der Waals surface area contributed by atoms with Crippen LogP contribution in [0.25, 0.3) is 16.6 Å². The minimum absolute atomic E-state index is 0.0117. The Morgan fingerprint density at radius 1 is 1.29 bits per heavy atom. The first-order chi connectivity index (χ1) is 16.9. The number of nitrogen functional groups attached to an aromatic ring is 1. The van der Waals surface area contributed by atoms with Crippen LogP contribution in [-0.4, -0.2) is 52.1 Å². The Balaban J connectivity index is 1.67. The third kappa shape index (κ3) is 4.69. The Bertz CT molecular complexity index is 1360. The van der Waals surface area contributed by atoms with Crippen molar-refractivity contribution in [1.82, 2.24) is 19.4 Å². The molecule has 0 unspecified atom stereocenters. The zero-order chi connectivity index (χ0) is 25.1. The molecule has 1 aliphatic heterocycles. The Kier molecular flexibility index (Phi) is 7.02. The first-order valence-electron chi connectivity index (χ1n) is 11.7. The highest BCUT2D eigenvalue weighted by atomic mass is 16.5. The smallest absolute Gasteiger partial charge is 0.256 e. The van der Waals surface area contributed by atoms with Gasteiger partial charge in [-0.25, -0.2) is 4.98 Å². The number of pyridine rings is 1. The lowest BCUT2D eigenvalue weighted by Crippen LogP contribution is -2.29. The molecular weight excluding hydrogens is 446 g/mol. The van der Waals surface area contributed by atoms with Gasteiger partial charge >= 0.3 is 0 Å². The number of rotatable bonds is 8. The van der Waals surface area contributed by atoms with Crippen LogP contribution in [0, 0.1) is 0 Å². The van der Waals surface area contributed by atoms with E-state index in [-0.39, 0.29) is 22.7 Å². The third-order valence-electron chi connectivity index (χ3n) is 6.26. The fourth-order valence-electron chi connectivity index (χ4n) is 4.46. The first-order valence-corrected chi connectivity index (χ1v) is 11.7. The molecule has 0 saturated heterocycles. The van der Waals surface area contributed by atoms with Crippen molar-refractivity contribution in [3.8, 4) is 5.75 Å². The number of aryl methyl sites for hydroxylation is 1. The minimum Gasteiger partial charge on any atom is -0.495 e. The fourth-order valence-corrected chi connectivity index (χ4v) is 4.46. The SMILES string of the molecule is CCCN1CC=C(c2ccc(Nc3ncc4c(=O)c(C(N)=O)c(N)n(CC)c4n3)c(OC)c2)CC1. The second-order valence-electron chi connectivity index (χ2n) is 8.45. The van der Waals surface area contributed by atoms with E-state index < -0.39 is 11.3 Å². The van der Waals surface area contributed by atoms with Crippen molar-refractivity contribution in [2.45, 2.75) is 33.2 Å². The molecule has 0 bridgehead atoms. The molecule has 35 heavy (non-hydrogen) atoms. The molecule has 2 aromatic heterocycles. The topological polar surface area (TPSA) is 141 Å². The maximum atomic E-state index is 12.8. The molecule has 0 aliphatic carbocycles. The Labute approximate surface area is 203 Å². The Morgan fingerprint density at radius 3 is 2.71 bits per heavy atom. The van der Waals surface area contributed by atoms with Crippen molar-refractivity contribution in [2.75, 3.05) is 37.8 Å². The van der Waals surface area contributed by atoms with Crippen LogP contribution >= 0.6 is 0 Å². The van der Waals surface area contributed by atoms with E-state index in [2.05, 4.69) is 33.2 Å². The molecule has 4 rings (SSSR count). The summed E-state index contributed by atoms with van der Waals surface area (Å²) in [7, 11) is 1.62. The Hall–Kier alpha value is -3.92. The van der Waals surface area contributed by atoms with E-state index in [0.717, 1.165) is 38.0 Å². The normalized spacial score (nSPS) is 14.1. The van der Waals surface area contributed by atoms with Gasteiger partial charge in [0.2, 0.25) is 11.4 Å². The number of aromatic nitrogens is 3. The van der Waals surface area contributed by atoms with E-state index >= 15 is 0 Å². The molecule has 3 heterocycles. The van der Waals surface area contributed by atoms with Gasteiger partial charge in [-0.1, -0.05) is 19.1 Å². The summed E-state index contributed by atoms with van der Waals surface area (Å²) in [6.45, 7) is 7.54. The lowest BCUT2D eigenvalue weighted by Gasteiger charge is -2.26. The fraction of sp³-hybridized carbons (Fsp3) is 0.360. The van der Waals surface area contributed by atoms with Crippen LogP contribution in [0.15, 0.2) is 35.3 Å². The highest BCUT2D eigenvalue weighted by Crippen LogP contribution is 2.32. The largest absolute Gasteiger partial charge is 0.495 e. The molecule has 1 aliphatic rings. The van der Waals surface area contributed by atoms with Gasteiger partial charge in [0.15, 0.2) is 5.65 Å². The number of nitrogens with one attached hydrogen (secondary N) is 1. The molecule has 0 radical (unpaired) electrons. The quantitative estimate of drug-likeness (QED) is 0.450. The van der Waals surface area contributed by atoms with Gasteiger partial charge in [-0.3, -0.25) is 14.5 Å². The maximum Gasteiger partial charge on any atom is 0.256 e. The first kappa shape index (κ1) is 24.2. The maximum absolute atomic E-state index is 12.8. The van der Waals surface area contributed by atoms with E-state index in [1.165, 1.54) is 11.8 Å². The van der Waals surface area contributed by atoms with E-state index in [1.807, 2.05) is 25.1 Å². The van der Waals surface area contributed by atoms with Crippen molar-refractivity contribution < 1.29 is 9.53 Å². The van der Waals surface area contributed by atoms with Gasteiger partial charge in [0.1, 0.15) is 17.1 Å². The average Bonchev–Trinajstić information content (AvgIpc) is 2.85. The Morgan fingerprint density at radius 2 is 2.09 bits per heavy atom. The second kappa shape index (κ2) is 10.1. The summed E-state index contributed by atoms with van der Waals surface area (Å²) in [6.07, 6.45) is 5.80. The highest BCUT2D eigenvalue weighted by Gasteiger charge is 2.20. The van der Waals surface area contributed by atoms with E-state index in [1.54, 1.807) is 11.7 Å². The second-order valence-corrected chi connectivity index (χ2v) is 8.45. The molecule has 1 amide bonds. The number of benzene rings is 1. The van der Waals surface area contributed by atoms with Crippen LogP contribution in [0.5, 0.6) is 5.75 Å². The summed E-state index contributed by atoms with van der Waals surface area (Å²) in [6, 6.07) is 5.98. The number of hydrogen-bond donors (Lipinski definition) is 3. The predicted molar refractivity (Wildman–Crippen MR) is 138 cm³/mol. The van der Waals surface area contributed by atoms with Gasteiger partial charge in [0.25, 0.3) is 5.91 Å². The molecule has 184 valence electrons. The van der Waals surface area contributed by atoms with Crippen LogP contribution in [0.3, 0.4) is 0 Å². The van der Waals surface area contributed by atoms with Gasteiger partial charge in [-0.15, -0.1) is 0 Å². The number of nitrogens with zero attached hydrogens (tertiary/aromatic N) is 4. The highest BCUT2D eigenvalue weighted by molar-refractivity contribution is 6.00. The monoisotopic (exact) mass is 477 g/mol. The van der Waals surface area contributed by atoms with Gasteiger partial charge in [0, 0.05) is 25.8 Å². The number of carbonyl (C=O) groups excluding carboxylic acids is 1. The molecule has 5 N–H and O–H groups in total. The lowest BCUT2D eigenvalue weighted by molar-refractivity contribution is 0.1000. The molecule has 0 spiro atoms. The van der Waals surface area contributed by atoms with Crippen molar-refractivity contribution >= 4 is 40.0 Å².